The number of aromatic nitrogens is 2. The van der Waals surface area contributed by atoms with Crippen LogP contribution in [0.1, 0.15) is 71.3 Å². The van der Waals surface area contributed by atoms with E-state index in [4.69, 9.17) is 14.2 Å². The van der Waals surface area contributed by atoms with Gasteiger partial charge in [0.05, 0.1) is 0 Å². The molecule has 2 aromatic rings. The van der Waals surface area contributed by atoms with E-state index >= 15 is 0 Å². The lowest BCUT2D eigenvalue weighted by molar-refractivity contribution is -0.280. The minimum atomic E-state index is -4.81. The van der Waals surface area contributed by atoms with Crippen molar-refractivity contribution >= 4 is 5.97 Å². The number of hydrogen-bond acceptors (Lipinski definition) is 6. The van der Waals surface area contributed by atoms with E-state index in [0.717, 1.165) is 18.4 Å². The van der Waals surface area contributed by atoms with Crippen molar-refractivity contribution in [3.05, 3.63) is 42.2 Å². The number of benzene rings is 1. The van der Waals surface area contributed by atoms with E-state index < -0.39 is 24.5 Å². The van der Waals surface area contributed by atoms with Gasteiger partial charge < -0.3 is 14.2 Å². The summed E-state index contributed by atoms with van der Waals surface area (Å²) in [7, 11) is 0. The Bertz CT molecular complexity index is 874. The Morgan fingerprint density at radius 2 is 1.57 bits per heavy atom. The number of carbonyl (C=O) groups excluding carboxylic acids is 1. The molecule has 2 rings (SSSR count). The molecule has 2 unspecified atom stereocenters. The average Bonchev–Trinajstić information content (AvgIpc) is 2.84. The Labute approximate surface area is 205 Å². The molecule has 0 aliphatic rings. The van der Waals surface area contributed by atoms with Crippen molar-refractivity contribution in [1.82, 2.24) is 9.97 Å². The Hall–Kier alpha value is -2.68. The van der Waals surface area contributed by atoms with E-state index in [1.807, 2.05) is 31.2 Å². The maximum Gasteiger partial charge on any atom is 0.422 e. The summed E-state index contributed by atoms with van der Waals surface area (Å²) in [5, 5.41) is 0. The van der Waals surface area contributed by atoms with Crippen molar-refractivity contribution in [2.75, 3.05) is 6.61 Å². The lowest BCUT2D eigenvalue weighted by Gasteiger charge is -2.28. The molecule has 0 aliphatic carbocycles. The number of aryl methyl sites for hydroxylation is 1. The summed E-state index contributed by atoms with van der Waals surface area (Å²) >= 11 is 0. The second-order valence-electron chi connectivity index (χ2n) is 8.28. The van der Waals surface area contributed by atoms with Gasteiger partial charge in [-0.3, -0.25) is 4.79 Å². The third kappa shape index (κ3) is 9.84. The molecule has 0 N–H and O–H groups in total. The number of esters is 1. The summed E-state index contributed by atoms with van der Waals surface area (Å²) in [4.78, 5) is 19.8. The van der Waals surface area contributed by atoms with Gasteiger partial charge in [-0.05, 0) is 30.4 Å². The molecule has 0 spiro atoms. The minimum absolute atomic E-state index is 0.117. The molecule has 0 amide bonds. The normalized spacial score (nSPS) is 13.3. The number of nitrogens with zero attached hydrogens (tertiary/aromatic N) is 2. The Morgan fingerprint density at radius 3 is 2.14 bits per heavy atom. The maximum absolute atomic E-state index is 13.7. The van der Waals surface area contributed by atoms with Crippen molar-refractivity contribution in [3.8, 4) is 17.1 Å². The monoisotopic (exact) mass is 496 g/mol. The molecular weight excluding hydrogens is 461 g/mol. The van der Waals surface area contributed by atoms with Gasteiger partial charge in [0, 0.05) is 31.0 Å². The second kappa shape index (κ2) is 14.7. The van der Waals surface area contributed by atoms with Crippen LogP contribution >= 0.6 is 0 Å². The molecule has 1 heterocycles. The number of ether oxygens (including phenoxy) is 3. The Balaban J connectivity index is 2.11. The number of unbranched alkanes of at least 4 members (excludes halogenated alkanes) is 4. The van der Waals surface area contributed by atoms with E-state index in [0.29, 0.717) is 18.4 Å². The first kappa shape index (κ1) is 28.6. The van der Waals surface area contributed by atoms with Gasteiger partial charge in [0.15, 0.2) is 0 Å². The smallest absolute Gasteiger partial charge is 0.422 e. The fraction of sp³-hybridized carbons (Fsp3) is 0.577. The summed E-state index contributed by atoms with van der Waals surface area (Å²) in [5.41, 5.74) is 2.80. The molecule has 0 fully saturated rings. The number of halogens is 3. The van der Waals surface area contributed by atoms with Gasteiger partial charge in [-0.1, -0.05) is 70.7 Å². The van der Waals surface area contributed by atoms with Crippen LogP contribution in [0.5, 0.6) is 6.01 Å². The van der Waals surface area contributed by atoms with E-state index in [1.165, 1.54) is 44.1 Å². The molecule has 6 nitrogen and oxygen atoms in total. The van der Waals surface area contributed by atoms with Crippen LogP contribution < -0.4 is 4.74 Å². The molecule has 1 aromatic heterocycles. The molecule has 1 aromatic carbocycles. The highest BCUT2D eigenvalue weighted by Gasteiger charge is 2.49. The van der Waals surface area contributed by atoms with Gasteiger partial charge in [0.25, 0.3) is 6.29 Å². The zero-order valence-electron chi connectivity index (χ0n) is 20.6. The first-order chi connectivity index (χ1) is 16.8. The van der Waals surface area contributed by atoms with Gasteiger partial charge in [-0.15, -0.1) is 0 Å². The minimum Gasteiger partial charge on any atom is -0.422 e. The fourth-order valence-electron chi connectivity index (χ4n) is 3.29. The topological polar surface area (TPSA) is 70.5 Å². The van der Waals surface area contributed by atoms with Crippen molar-refractivity contribution in [3.63, 3.8) is 0 Å². The van der Waals surface area contributed by atoms with Gasteiger partial charge in [-0.25, -0.2) is 9.97 Å². The Kier molecular flexibility index (Phi) is 12.0. The van der Waals surface area contributed by atoms with Crippen LogP contribution in [0, 0.1) is 0 Å². The van der Waals surface area contributed by atoms with E-state index in [1.54, 1.807) is 0 Å². The van der Waals surface area contributed by atoms with Crippen molar-refractivity contribution in [2.24, 2.45) is 0 Å². The highest BCUT2D eigenvalue weighted by atomic mass is 19.4. The standard InChI is InChI=1S/C26H35F3N2O4/c1-4-7-9-10-11-19-12-14-20(15-13-19)21-17-30-25(31-18-21)35-24(34-22(32)6-3)23(26(27,28)29)33-16-8-5-2/h12-15,17-18,23-24H,4-11,16H2,1-3H3. The van der Waals surface area contributed by atoms with Gasteiger partial charge >= 0.3 is 18.2 Å². The summed E-state index contributed by atoms with van der Waals surface area (Å²) < 4.78 is 56.1. The quantitative estimate of drug-likeness (QED) is 0.156. The lowest BCUT2D eigenvalue weighted by Crippen LogP contribution is -2.47. The molecule has 0 radical (unpaired) electrons. The Morgan fingerprint density at radius 1 is 0.914 bits per heavy atom. The van der Waals surface area contributed by atoms with Crippen LogP contribution in [-0.2, 0) is 20.7 Å². The summed E-state index contributed by atoms with van der Waals surface area (Å²) in [6.45, 7) is 5.33. The van der Waals surface area contributed by atoms with Crippen LogP contribution in [0.25, 0.3) is 11.1 Å². The maximum atomic E-state index is 13.7. The van der Waals surface area contributed by atoms with Crippen LogP contribution in [0.2, 0.25) is 0 Å². The van der Waals surface area contributed by atoms with Gasteiger partial charge in [-0.2, -0.15) is 13.2 Å². The van der Waals surface area contributed by atoms with Crippen molar-refractivity contribution in [1.29, 1.82) is 0 Å². The zero-order chi connectivity index (χ0) is 25.7. The second-order valence-corrected chi connectivity index (χ2v) is 8.28. The largest absolute Gasteiger partial charge is 0.422 e. The van der Waals surface area contributed by atoms with Crippen LogP contribution in [0.4, 0.5) is 13.2 Å². The first-order valence-corrected chi connectivity index (χ1v) is 12.2. The molecule has 0 aliphatic heterocycles. The SMILES string of the molecule is CCCCCCc1ccc(-c2cnc(OC(OC(=O)CC)C(OCCCC)C(F)(F)F)nc2)cc1. The first-order valence-electron chi connectivity index (χ1n) is 12.2. The summed E-state index contributed by atoms with van der Waals surface area (Å²) in [6, 6.07) is 7.67. The number of carbonyl (C=O) groups is 1. The molecule has 0 saturated carbocycles. The predicted octanol–water partition coefficient (Wildman–Crippen LogP) is 6.67. The molecule has 0 bridgehead atoms. The van der Waals surface area contributed by atoms with Crippen LogP contribution in [-0.4, -0.2) is 41.1 Å². The number of alkyl halides is 3. The molecule has 35 heavy (non-hydrogen) atoms. The zero-order valence-corrected chi connectivity index (χ0v) is 20.6. The predicted molar refractivity (Wildman–Crippen MR) is 127 cm³/mol. The summed E-state index contributed by atoms with van der Waals surface area (Å²) in [6.07, 6.45) is 0.332. The van der Waals surface area contributed by atoms with E-state index in [-0.39, 0.29) is 19.0 Å². The van der Waals surface area contributed by atoms with E-state index in [9.17, 15) is 18.0 Å². The number of hydrogen-bond donors (Lipinski definition) is 0. The average molecular weight is 497 g/mol. The van der Waals surface area contributed by atoms with Gasteiger partial charge in [0.2, 0.25) is 6.10 Å². The molecule has 194 valence electrons. The molecule has 9 heteroatoms. The molecule has 0 saturated heterocycles. The molecular formula is C26H35F3N2O4. The fourth-order valence-corrected chi connectivity index (χ4v) is 3.29. The van der Waals surface area contributed by atoms with Gasteiger partial charge in [0.1, 0.15) is 0 Å². The van der Waals surface area contributed by atoms with E-state index in [2.05, 4.69) is 16.9 Å². The van der Waals surface area contributed by atoms with Crippen molar-refractivity contribution in [2.45, 2.75) is 90.7 Å². The highest BCUT2D eigenvalue weighted by molar-refractivity contribution is 5.69. The van der Waals surface area contributed by atoms with Crippen molar-refractivity contribution < 1.29 is 32.2 Å². The lowest BCUT2D eigenvalue weighted by atomic mass is 10.0. The molecule has 2 atom stereocenters. The summed E-state index contributed by atoms with van der Waals surface area (Å²) in [5.74, 6) is -0.852. The number of rotatable bonds is 15. The van der Waals surface area contributed by atoms with Crippen LogP contribution in [0.15, 0.2) is 36.7 Å². The third-order valence-corrected chi connectivity index (χ3v) is 5.36. The third-order valence-electron chi connectivity index (χ3n) is 5.36. The highest BCUT2D eigenvalue weighted by Crippen LogP contribution is 2.29. The van der Waals surface area contributed by atoms with Crippen LogP contribution in [0.3, 0.4) is 0 Å².